The topological polar surface area (TPSA) is 75.6 Å². The number of ether oxygens (including phenoxy) is 1. The fraction of sp³-hybridized carbons (Fsp3) is 0.385. The third kappa shape index (κ3) is 1.81. The molecule has 0 aliphatic heterocycles. The number of fused-ring (bicyclic) bond motifs is 1. The van der Waals surface area contributed by atoms with Crippen LogP contribution in [0.3, 0.4) is 0 Å². The van der Waals surface area contributed by atoms with Crippen LogP contribution in [0.5, 0.6) is 5.75 Å². The van der Waals surface area contributed by atoms with Crippen LogP contribution in [0.4, 0.5) is 0 Å². The van der Waals surface area contributed by atoms with E-state index in [0.717, 1.165) is 5.56 Å². The minimum atomic E-state index is -1.32. The van der Waals surface area contributed by atoms with E-state index in [0.29, 0.717) is 24.2 Å². The molecule has 0 saturated carbocycles. The molecule has 1 aliphatic carbocycles. The highest BCUT2D eigenvalue weighted by atomic mass is 16.5. The van der Waals surface area contributed by atoms with Gasteiger partial charge in [-0.1, -0.05) is 6.07 Å². The Bertz CT molecular complexity index is 512. The van der Waals surface area contributed by atoms with Crippen molar-refractivity contribution in [2.24, 2.45) is 0 Å². The number of carbonyl (C=O) groups excluding carboxylic acids is 1. The molecule has 1 aromatic rings. The van der Waals surface area contributed by atoms with E-state index in [4.69, 9.17) is 4.74 Å². The lowest BCUT2D eigenvalue weighted by Crippen LogP contribution is -2.49. The summed E-state index contributed by atoms with van der Waals surface area (Å²) in [6.07, 6.45) is 0.996. The Hall–Kier alpha value is -2.04. The molecule has 1 atom stereocenters. The monoisotopic (exact) mass is 249 g/mol. The predicted octanol–water partition coefficient (Wildman–Crippen LogP) is 1.06. The van der Waals surface area contributed by atoms with Crippen molar-refractivity contribution in [1.82, 2.24) is 5.32 Å². The molecule has 96 valence electrons. The Balaban J connectivity index is 2.54. The largest absolute Gasteiger partial charge is 0.497 e. The van der Waals surface area contributed by atoms with Gasteiger partial charge in [0.2, 0.25) is 5.91 Å². The maximum atomic E-state index is 11.6. The zero-order valence-corrected chi connectivity index (χ0v) is 10.3. The fourth-order valence-electron chi connectivity index (χ4n) is 2.46. The number of amides is 1. The summed E-state index contributed by atoms with van der Waals surface area (Å²) < 4.78 is 5.11. The van der Waals surface area contributed by atoms with Gasteiger partial charge < -0.3 is 15.2 Å². The number of hydrogen-bond donors (Lipinski definition) is 2. The molecule has 1 amide bonds. The number of aryl methyl sites for hydroxylation is 1. The molecule has 0 heterocycles. The van der Waals surface area contributed by atoms with Crippen molar-refractivity contribution in [2.45, 2.75) is 25.3 Å². The number of nitrogens with one attached hydrogen (secondary N) is 1. The second kappa shape index (κ2) is 4.33. The molecule has 5 nitrogen and oxygen atoms in total. The van der Waals surface area contributed by atoms with Crippen molar-refractivity contribution < 1.29 is 19.4 Å². The molecule has 0 fully saturated rings. The van der Waals surface area contributed by atoms with Gasteiger partial charge in [-0.3, -0.25) is 4.79 Å². The average Bonchev–Trinajstić information content (AvgIpc) is 2.68. The van der Waals surface area contributed by atoms with Crippen molar-refractivity contribution in [1.29, 1.82) is 0 Å². The van der Waals surface area contributed by atoms with Crippen molar-refractivity contribution in [3.63, 3.8) is 0 Å². The van der Waals surface area contributed by atoms with Crippen LogP contribution in [0.15, 0.2) is 18.2 Å². The lowest BCUT2D eigenvalue weighted by atomic mass is 9.91. The van der Waals surface area contributed by atoms with Gasteiger partial charge in [-0.25, -0.2) is 4.79 Å². The van der Waals surface area contributed by atoms with Crippen molar-refractivity contribution >= 4 is 11.9 Å². The first-order chi connectivity index (χ1) is 8.49. The molecule has 2 rings (SSSR count). The first-order valence-corrected chi connectivity index (χ1v) is 5.69. The van der Waals surface area contributed by atoms with Gasteiger partial charge in [-0.05, 0) is 36.1 Å². The lowest BCUT2D eigenvalue weighted by Gasteiger charge is -2.26. The van der Waals surface area contributed by atoms with E-state index in [1.54, 1.807) is 12.1 Å². The first kappa shape index (κ1) is 12.4. The maximum absolute atomic E-state index is 11.6. The molecule has 0 aromatic heterocycles. The van der Waals surface area contributed by atoms with E-state index < -0.39 is 11.5 Å². The second-order valence-electron chi connectivity index (χ2n) is 4.41. The Morgan fingerprint density at radius 3 is 2.72 bits per heavy atom. The summed E-state index contributed by atoms with van der Waals surface area (Å²) in [5.74, 6) is -0.801. The summed E-state index contributed by atoms with van der Waals surface area (Å²) in [7, 11) is 1.53. The first-order valence-electron chi connectivity index (χ1n) is 5.69. The van der Waals surface area contributed by atoms with Crippen LogP contribution in [0.1, 0.15) is 24.5 Å². The molecule has 0 bridgehead atoms. The van der Waals surface area contributed by atoms with Crippen molar-refractivity contribution in [3.05, 3.63) is 29.3 Å². The Labute approximate surface area is 105 Å². The Kier molecular flexibility index (Phi) is 2.98. The summed E-state index contributed by atoms with van der Waals surface area (Å²) in [4.78, 5) is 22.8. The van der Waals surface area contributed by atoms with Gasteiger partial charge >= 0.3 is 5.97 Å². The minimum Gasteiger partial charge on any atom is -0.497 e. The van der Waals surface area contributed by atoms with Crippen LogP contribution in [0.25, 0.3) is 0 Å². The molecule has 1 unspecified atom stereocenters. The van der Waals surface area contributed by atoms with Gasteiger partial charge in [0, 0.05) is 6.92 Å². The predicted molar refractivity (Wildman–Crippen MR) is 64.4 cm³/mol. The standard InChI is InChI=1S/C13H15NO4/c1-8(15)14-13(12(16)17)6-5-9-3-4-10(18-2)7-11(9)13/h3-4,7H,5-6H2,1-2H3,(H,14,15)(H,16,17). The highest BCUT2D eigenvalue weighted by molar-refractivity contribution is 5.88. The van der Waals surface area contributed by atoms with Crippen molar-refractivity contribution in [2.75, 3.05) is 7.11 Å². The highest BCUT2D eigenvalue weighted by Crippen LogP contribution is 2.39. The molecular weight excluding hydrogens is 234 g/mol. The Morgan fingerprint density at radius 1 is 1.44 bits per heavy atom. The number of carboxylic acid groups (broad SMARTS) is 1. The van der Waals surface area contributed by atoms with Gasteiger partial charge in [0.1, 0.15) is 5.75 Å². The number of carboxylic acids is 1. The maximum Gasteiger partial charge on any atom is 0.334 e. The van der Waals surface area contributed by atoms with E-state index in [9.17, 15) is 14.7 Å². The summed E-state index contributed by atoms with van der Waals surface area (Å²) in [6.45, 7) is 1.32. The molecular formula is C13H15NO4. The average molecular weight is 249 g/mol. The molecule has 18 heavy (non-hydrogen) atoms. The number of rotatable bonds is 3. The molecule has 0 saturated heterocycles. The summed E-state index contributed by atoms with van der Waals surface area (Å²) >= 11 is 0. The quantitative estimate of drug-likeness (QED) is 0.839. The van der Waals surface area contributed by atoms with Gasteiger partial charge in [0.15, 0.2) is 5.54 Å². The molecule has 2 N–H and O–H groups in total. The van der Waals surface area contributed by atoms with E-state index in [1.807, 2.05) is 6.07 Å². The van der Waals surface area contributed by atoms with E-state index >= 15 is 0 Å². The van der Waals surface area contributed by atoms with Crippen LogP contribution in [-0.2, 0) is 21.5 Å². The van der Waals surface area contributed by atoms with Gasteiger partial charge in [0.05, 0.1) is 7.11 Å². The van der Waals surface area contributed by atoms with Gasteiger partial charge in [0.25, 0.3) is 0 Å². The van der Waals surface area contributed by atoms with E-state index in [-0.39, 0.29) is 5.91 Å². The number of carbonyl (C=O) groups is 2. The van der Waals surface area contributed by atoms with Crippen LogP contribution >= 0.6 is 0 Å². The van der Waals surface area contributed by atoms with E-state index in [1.165, 1.54) is 14.0 Å². The van der Waals surface area contributed by atoms with Crippen LogP contribution in [-0.4, -0.2) is 24.1 Å². The highest BCUT2D eigenvalue weighted by Gasteiger charge is 2.46. The number of hydrogen-bond acceptors (Lipinski definition) is 3. The normalized spacial score (nSPS) is 21.2. The van der Waals surface area contributed by atoms with Crippen LogP contribution in [0, 0.1) is 0 Å². The van der Waals surface area contributed by atoms with E-state index in [2.05, 4.69) is 5.32 Å². The Morgan fingerprint density at radius 2 is 2.17 bits per heavy atom. The zero-order chi connectivity index (χ0) is 13.3. The third-order valence-electron chi connectivity index (χ3n) is 3.30. The number of methoxy groups -OCH3 is 1. The van der Waals surface area contributed by atoms with Crippen LogP contribution in [0.2, 0.25) is 0 Å². The molecule has 0 spiro atoms. The van der Waals surface area contributed by atoms with Crippen molar-refractivity contribution in [3.8, 4) is 5.75 Å². The molecule has 5 heteroatoms. The molecule has 1 aromatic carbocycles. The minimum absolute atomic E-state index is 0.354. The second-order valence-corrected chi connectivity index (χ2v) is 4.41. The molecule has 1 aliphatic rings. The lowest BCUT2D eigenvalue weighted by molar-refractivity contribution is -0.147. The molecule has 0 radical (unpaired) electrons. The SMILES string of the molecule is COc1ccc2c(c1)C(NC(C)=O)(C(=O)O)CC2. The zero-order valence-electron chi connectivity index (χ0n) is 10.3. The smallest absolute Gasteiger partial charge is 0.334 e. The summed E-state index contributed by atoms with van der Waals surface area (Å²) in [6, 6.07) is 5.33. The summed E-state index contributed by atoms with van der Waals surface area (Å²) in [5, 5.41) is 12.0. The fourth-order valence-corrected chi connectivity index (χ4v) is 2.46. The van der Waals surface area contributed by atoms with Crippen LogP contribution < -0.4 is 10.1 Å². The van der Waals surface area contributed by atoms with Gasteiger partial charge in [-0.15, -0.1) is 0 Å². The third-order valence-corrected chi connectivity index (χ3v) is 3.30. The van der Waals surface area contributed by atoms with Gasteiger partial charge in [-0.2, -0.15) is 0 Å². The summed E-state index contributed by atoms with van der Waals surface area (Å²) in [5.41, 5.74) is 0.229. The number of benzene rings is 1. The number of aliphatic carboxylic acids is 1.